The van der Waals surface area contributed by atoms with Gasteiger partial charge in [-0.25, -0.2) is 0 Å². The Bertz CT molecular complexity index is 276. The van der Waals surface area contributed by atoms with Gasteiger partial charge in [0.2, 0.25) is 0 Å². The molecular weight excluding hydrogens is 240 g/mol. The molecule has 2 aliphatic heterocycles. The monoisotopic (exact) mass is 268 g/mol. The summed E-state index contributed by atoms with van der Waals surface area (Å²) in [7, 11) is 0. The van der Waals surface area contributed by atoms with Crippen molar-refractivity contribution in [1.29, 1.82) is 0 Å². The molecule has 0 aromatic rings. The molecule has 0 amide bonds. The standard InChI is InChI=1S/C15H28N2S/c1-18-15(7-3-2-4-8-15)13-16-10-11-17-9-5-6-14(17)12-16/h14H,2-13H2,1H3. The zero-order valence-electron chi connectivity index (χ0n) is 11.9. The van der Waals surface area contributed by atoms with Crippen LogP contribution in [0.5, 0.6) is 0 Å². The van der Waals surface area contributed by atoms with Gasteiger partial charge in [-0.15, -0.1) is 0 Å². The topological polar surface area (TPSA) is 6.48 Å². The molecule has 0 bridgehead atoms. The van der Waals surface area contributed by atoms with Gasteiger partial charge in [0.05, 0.1) is 0 Å². The van der Waals surface area contributed by atoms with Crippen LogP contribution in [0, 0.1) is 0 Å². The molecule has 1 saturated carbocycles. The van der Waals surface area contributed by atoms with Gasteiger partial charge in [0.25, 0.3) is 0 Å². The lowest BCUT2D eigenvalue weighted by Crippen LogP contribution is -2.54. The van der Waals surface area contributed by atoms with E-state index < -0.39 is 0 Å². The van der Waals surface area contributed by atoms with Crippen molar-refractivity contribution in [2.45, 2.75) is 55.7 Å². The van der Waals surface area contributed by atoms with Crippen molar-refractivity contribution >= 4 is 11.8 Å². The van der Waals surface area contributed by atoms with Crippen molar-refractivity contribution in [2.75, 3.05) is 39.0 Å². The molecule has 1 atom stereocenters. The zero-order valence-corrected chi connectivity index (χ0v) is 12.7. The van der Waals surface area contributed by atoms with E-state index in [4.69, 9.17) is 0 Å². The van der Waals surface area contributed by atoms with Gasteiger partial charge in [-0.1, -0.05) is 19.3 Å². The zero-order chi connectivity index (χ0) is 12.4. The van der Waals surface area contributed by atoms with Crippen LogP contribution in [-0.2, 0) is 0 Å². The van der Waals surface area contributed by atoms with Crippen LogP contribution in [0.3, 0.4) is 0 Å². The Kier molecular flexibility index (Phi) is 4.21. The Balaban J connectivity index is 1.58. The number of thioether (sulfide) groups is 1. The number of hydrogen-bond acceptors (Lipinski definition) is 3. The van der Waals surface area contributed by atoms with Crippen molar-refractivity contribution < 1.29 is 0 Å². The first kappa shape index (κ1) is 13.3. The number of fused-ring (bicyclic) bond motifs is 1. The quantitative estimate of drug-likeness (QED) is 0.777. The van der Waals surface area contributed by atoms with Crippen LogP contribution in [0.1, 0.15) is 44.9 Å². The summed E-state index contributed by atoms with van der Waals surface area (Å²) < 4.78 is 0.596. The smallest absolute Gasteiger partial charge is 0.0284 e. The van der Waals surface area contributed by atoms with E-state index in [0.29, 0.717) is 4.75 Å². The summed E-state index contributed by atoms with van der Waals surface area (Å²) in [6.07, 6.45) is 12.5. The first-order chi connectivity index (χ1) is 8.81. The highest BCUT2D eigenvalue weighted by molar-refractivity contribution is 8.00. The minimum atomic E-state index is 0.596. The van der Waals surface area contributed by atoms with Gasteiger partial charge in [-0.2, -0.15) is 11.8 Å². The van der Waals surface area contributed by atoms with Gasteiger partial charge in [0, 0.05) is 37.0 Å². The van der Waals surface area contributed by atoms with Crippen LogP contribution < -0.4 is 0 Å². The van der Waals surface area contributed by atoms with Gasteiger partial charge in [0.1, 0.15) is 0 Å². The van der Waals surface area contributed by atoms with Crippen LogP contribution in [0.25, 0.3) is 0 Å². The number of piperazine rings is 1. The number of hydrogen-bond donors (Lipinski definition) is 0. The van der Waals surface area contributed by atoms with Crippen molar-refractivity contribution in [3.05, 3.63) is 0 Å². The number of rotatable bonds is 3. The summed E-state index contributed by atoms with van der Waals surface area (Å²) in [5, 5.41) is 0. The maximum atomic E-state index is 2.79. The van der Waals surface area contributed by atoms with E-state index in [1.807, 2.05) is 0 Å². The molecule has 0 aromatic carbocycles. The molecule has 104 valence electrons. The second-order valence-corrected chi connectivity index (χ2v) is 7.79. The van der Waals surface area contributed by atoms with Crippen LogP contribution in [0.4, 0.5) is 0 Å². The Labute approximate surface area is 116 Å². The largest absolute Gasteiger partial charge is 0.299 e. The molecule has 2 nitrogen and oxygen atoms in total. The molecule has 0 radical (unpaired) electrons. The molecule has 18 heavy (non-hydrogen) atoms. The molecule has 3 heteroatoms. The normalized spacial score (nSPS) is 33.5. The average molecular weight is 268 g/mol. The fourth-order valence-corrected chi connectivity index (χ4v) is 5.24. The van der Waals surface area contributed by atoms with E-state index in [9.17, 15) is 0 Å². The molecule has 0 aromatic heterocycles. The van der Waals surface area contributed by atoms with E-state index in [0.717, 1.165) is 6.04 Å². The summed E-state index contributed by atoms with van der Waals surface area (Å²) >= 11 is 2.16. The maximum Gasteiger partial charge on any atom is 0.0284 e. The summed E-state index contributed by atoms with van der Waals surface area (Å²) in [5.74, 6) is 0. The minimum Gasteiger partial charge on any atom is -0.299 e. The van der Waals surface area contributed by atoms with Gasteiger partial charge in [0.15, 0.2) is 0 Å². The molecular formula is C15H28N2S. The highest BCUT2D eigenvalue weighted by Gasteiger charge is 2.36. The van der Waals surface area contributed by atoms with E-state index in [1.165, 1.54) is 77.7 Å². The fourth-order valence-electron chi connectivity index (χ4n) is 4.23. The minimum absolute atomic E-state index is 0.596. The molecule has 3 aliphatic rings. The lowest BCUT2D eigenvalue weighted by Gasteiger charge is -2.44. The van der Waals surface area contributed by atoms with Crippen LogP contribution in [-0.4, -0.2) is 59.6 Å². The van der Waals surface area contributed by atoms with Crippen LogP contribution in [0.2, 0.25) is 0 Å². The first-order valence-corrected chi connectivity index (χ1v) is 9.05. The summed E-state index contributed by atoms with van der Waals surface area (Å²) in [5.41, 5.74) is 0. The predicted molar refractivity (Wildman–Crippen MR) is 80.4 cm³/mol. The van der Waals surface area contributed by atoms with Crippen LogP contribution >= 0.6 is 11.8 Å². The lowest BCUT2D eigenvalue weighted by molar-refractivity contribution is 0.0917. The average Bonchev–Trinajstić information content (AvgIpc) is 2.87. The van der Waals surface area contributed by atoms with Gasteiger partial charge >= 0.3 is 0 Å². The molecule has 3 fully saturated rings. The molecule has 2 heterocycles. The summed E-state index contributed by atoms with van der Waals surface area (Å²) in [6.45, 7) is 6.72. The highest BCUT2D eigenvalue weighted by atomic mass is 32.2. The fraction of sp³-hybridized carbons (Fsp3) is 1.00. The van der Waals surface area contributed by atoms with Crippen molar-refractivity contribution in [3.63, 3.8) is 0 Å². The van der Waals surface area contributed by atoms with E-state index in [1.54, 1.807) is 0 Å². The van der Waals surface area contributed by atoms with Gasteiger partial charge in [-0.3, -0.25) is 9.80 Å². The van der Waals surface area contributed by atoms with E-state index in [2.05, 4.69) is 27.8 Å². The van der Waals surface area contributed by atoms with Crippen molar-refractivity contribution in [2.24, 2.45) is 0 Å². The second-order valence-electron chi connectivity index (χ2n) is 6.51. The first-order valence-electron chi connectivity index (χ1n) is 7.83. The van der Waals surface area contributed by atoms with E-state index >= 15 is 0 Å². The Hall–Kier alpha value is 0.270. The third-order valence-corrected chi connectivity index (χ3v) is 6.78. The molecule has 1 unspecified atom stereocenters. The summed E-state index contributed by atoms with van der Waals surface area (Å²) in [6, 6.07) is 0.890. The molecule has 3 rings (SSSR count). The molecule has 0 N–H and O–H groups in total. The molecule has 1 aliphatic carbocycles. The van der Waals surface area contributed by atoms with Gasteiger partial charge < -0.3 is 0 Å². The van der Waals surface area contributed by atoms with Gasteiger partial charge in [-0.05, 0) is 38.5 Å². The highest BCUT2D eigenvalue weighted by Crippen LogP contribution is 2.39. The lowest BCUT2D eigenvalue weighted by atomic mass is 9.87. The van der Waals surface area contributed by atoms with Crippen LogP contribution in [0.15, 0.2) is 0 Å². The predicted octanol–water partition coefficient (Wildman–Crippen LogP) is 2.83. The third kappa shape index (κ3) is 2.73. The Morgan fingerprint density at radius 2 is 1.89 bits per heavy atom. The molecule has 0 spiro atoms. The van der Waals surface area contributed by atoms with E-state index in [-0.39, 0.29) is 0 Å². The third-order valence-electron chi connectivity index (χ3n) is 5.38. The Morgan fingerprint density at radius 3 is 2.67 bits per heavy atom. The Morgan fingerprint density at radius 1 is 1.06 bits per heavy atom. The van der Waals surface area contributed by atoms with Crippen molar-refractivity contribution in [3.8, 4) is 0 Å². The summed E-state index contributed by atoms with van der Waals surface area (Å²) in [4.78, 5) is 5.51. The maximum absolute atomic E-state index is 2.79. The SMILES string of the molecule is CSC1(CN2CCN3CCCC3C2)CCCCC1. The number of nitrogens with zero attached hydrogens (tertiary/aromatic N) is 2. The second kappa shape index (κ2) is 5.72. The molecule has 2 saturated heterocycles. The van der Waals surface area contributed by atoms with Crippen molar-refractivity contribution in [1.82, 2.24) is 9.80 Å².